The van der Waals surface area contributed by atoms with Gasteiger partial charge in [-0.25, -0.2) is 4.39 Å². The predicted molar refractivity (Wildman–Crippen MR) is 108 cm³/mol. The normalized spacial score (nSPS) is 21.6. The second kappa shape index (κ2) is 9.59. The molecule has 0 aromatic heterocycles. The van der Waals surface area contributed by atoms with Crippen LogP contribution >= 0.6 is 0 Å². The summed E-state index contributed by atoms with van der Waals surface area (Å²) in [5, 5.41) is 32.3. The van der Waals surface area contributed by atoms with Crippen molar-refractivity contribution in [1.82, 2.24) is 5.32 Å². The standard InChI is InChI=1S/C22H23FN2O6/c23-14-3-7-16(8-4-14)31-19-11-13(10-18(27)20(19)28)22(30)25-17(21(24)29)9-12-1-5-15(26)6-2-12/h1-8,11,17-20,26-28H,9-10H2,(H2,24,29)(H,25,30). The van der Waals surface area contributed by atoms with Crippen molar-refractivity contribution < 1.29 is 34.0 Å². The number of ether oxygens (including phenoxy) is 1. The topological polar surface area (TPSA) is 142 Å². The molecule has 9 heteroatoms. The molecule has 1 aliphatic rings. The number of benzene rings is 2. The van der Waals surface area contributed by atoms with Crippen molar-refractivity contribution in [3.05, 3.63) is 71.6 Å². The first-order valence-electron chi connectivity index (χ1n) is 9.60. The number of hydrogen-bond acceptors (Lipinski definition) is 6. The lowest BCUT2D eigenvalue weighted by Gasteiger charge is -2.31. The molecule has 4 atom stereocenters. The number of phenols is 1. The number of carbonyl (C=O) groups is 2. The van der Waals surface area contributed by atoms with E-state index >= 15 is 0 Å². The SMILES string of the molecule is NC(=O)C(Cc1ccc(O)cc1)NC(=O)C1=CC(Oc2ccc(F)cc2)C(O)C(O)C1. The van der Waals surface area contributed by atoms with Crippen LogP contribution in [0.3, 0.4) is 0 Å². The summed E-state index contributed by atoms with van der Waals surface area (Å²) in [6.07, 6.45) is -2.32. The fourth-order valence-electron chi connectivity index (χ4n) is 3.21. The van der Waals surface area contributed by atoms with Crippen LogP contribution in [0.1, 0.15) is 12.0 Å². The van der Waals surface area contributed by atoms with Crippen LogP contribution < -0.4 is 15.8 Å². The summed E-state index contributed by atoms with van der Waals surface area (Å²) in [6, 6.07) is 10.2. The summed E-state index contributed by atoms with van der Waals surface area (Å²) in [7, 11) is 0. The van der Waals surface area contributed by atoms with Crippen molar-refractivity contribution in [2.75, 3.05) is 0 Å². The van der Waals surface area contributed by atoms with E-state index in [1.807, 2.05) is 0 Å². The Morgan fingerprint density at radius 1 is 1.13 bits per heavy atom. The molecule has 0 radical (unpaired) electrons. The fourth-order valence-corrected chi connectivity index (χ4v) is 3.21. The average Bonchev–Trinajstić information content (AvgIpc) is 2.73. The first-order valence-corrected chi connectivity index (χ1v) is 9.60. The number of rotatable bonds is 7. The number of carbonyl (C=O) groups excluding carboxylic acids is 2. The second-order valence-corrected chi connectivity index (χ2v) is 7.29. The van der Waals surface area contributed by atoms with E-state index in [9.17, 15) is 29.3 Å². The van der Waals surface area contributed by atoms with Gasteiger partial charge in [-0.15, -0.1) is 0 Å². The first kappa shape index (κ1) is 22.3. The third kappa shape index (κ3) is 5.80. The largest absolute Gasteiger partial charge is 0.508 e. The minimum Gasteiger partial charge on any atom is -0.508 e. The van der Waals surface area contributed by atoms with Crippen LogP contribution in [0.15, 0.2) is 60.2 Å². The lowest BCUT2D eigenvalue weighted by atomic mass is 9.91. The Bertz CT molecular complexity index is 961. The highest BCUT2D eigenvalue weighted by Crippen LogP contribution is 2.24. The fraction of sp³-hybridized carbons (Fsp3) is 0.273. The van der Waals surface area contributed by atoms with E-state index < -0.39 is 42.0 Å². The maximum absolute atomic E-state index is 13.1. The zero-order chi connectivity index (χ0) is 22.5. The smallest absolute Gasteiger partial charge is 0.247 e. The third-order valence-electron chi connectivity index (χ3n) is 4.93. The number of primary amides is 1. The molecule has 31 heavy (non-hydrogen) atoms. The molecule has 4 unspecified atom stereocenters. The number of phenolic OH excluding ortho intramolecular Hbond substituents is 1. The van der Waals surface area contributed by atoms with Crippen molar-refractivity contribution in [2.24, 2.45) is 5.73 Å². The quantitative estimate of drug-likeness (QED) is 0.434. The molecule has 0 heterocycles. The molecule has 0 fully saturated rings. The predicted octanol–water partition coefficient (Wildman–Crippen LogP) is 0.543. The molecule has 1 aliphatic carbocycles. The maximum Gasteiger partial charge on any atom is 0.247 e. The van der Waals surface area contributed by atoms with Crippen LogP contribution in [0.25, 0.3) is 0 Å². The van der Waals surface area contributed by atoms with Crippen LogP contribution in [0.5, 0.6) is 11.5 Å². The van der Waals surface area contributed by atoms with Gasteiger partial charge in [-0.05, 0) is 48.0 Å². The molecule has 164 valence electrons. The number of nitrogens with one attached hydrogen (secondary N) is 1. The third-order valence-corrected chi connectivity index (χ3v) is 4.93. The number of nitrogens with two attached hydrogens (primary N) is 1. The van der Waals surface area contributed by atoms with Gasteiger partial charge in [0.05, 0.1) is 6.10 Å². The maximum atomic E-state index is 13.1. The van der Waals surface area contributed by atoms with Gasteiger partial charge in [0.1, 0.15) is 35.6 Å². The summed E-state index contributed by atoms with van der Waals surface area (Å²) >= 11 is 0. The molecule has 2 aromatic rings. The summed E-state index contributed by atoms with van der Waals surface area (Å²) in [4.78, 5) is 24.6. The van der Waals surface area contributed by atoms with Gasteiger partial charge in [0, 0.05) is 18.4 Å². The lowest BCUT2D eigenvalue weighted by molar-refractivity contribution is -0.126. The van der Waals surface area contributed by atoms with Crippen molar-refractivity contribution in [2.45, 2.75) is 37.2 Å². The van der Waals surface area contributed by atoms with Gasteiger partial charge in [-0.3, -0.25) is 9.59 Å². The average molecular weight is 430 g/mol. The van der Waals surface area contributed by atoms with E-state index in [1.165, 1.54) is 42.5 Å². The van der Waals surface area contributed by atoms with Gasteiger partial charge < -0.3 is 31.1 Å². The summed E-state index contributed by atoms with van der Waals surface area (Å²) in [5.41, 5.74) is 6.20. The lowest BCUT2D eigenvalue weighted by Crippen LogP contribution is -2.49. The summed E-state index contributed by atoms with van der Waals surface area (Å²) < 4.78 is 18.7. The molecular weight excluding hydrogens is 407 g/mol. The molecule has 0 spiro atoms. The molecule has 0 saturated heterocycles. The number of aromatic hydroxyl groups is 1. The van der Waals surface area contributed by atoms with Gasteiger partial charge >= 0.3 is 0 Å². The second-order valence-electron chi connectivity index (χ2n) is 7.29. The number of amides is 2. The highest BCUT2D eigenvalue weighted by Gasteiger charge is 2.35. The zero-order valence-electron chi connectivity index (χ0n) is 16.4. The minimum absolute atomic E-state index is 0.0653. The van der Waals surface area contributed by atoms with E-state index in [-0.39, 0.29) is 29.9 Å². The Labute approximate surface area is 177 Å². The summed E-state index contributed by atoms with van der Waals surface area (Å²) in [6.45, 7) is 0. The van der Waals surface area contributed by atoms with Crippen LogP contribution in [0, 0.1) is 5.82 Å². The number of hydrogen-bond donors (Lipinski definition) is 5. The first-order chi connectivity index (χ1) is 14.7. The Kier molecular flexibility index (Phi) is 6.88. The zero-order valence-corrected chi connectivity index (χ0v) is 16.4. The molecule has 0 bridgehead atoms. The van der Waals surface area contributed by atoms with E-state index in [0.717, 1.165) is 0 Å². The molecular formula is C22H23FN2O6. The number of aliphatic hydroxyl groups is 2. The number of halogens is 1. The van der Waals surface area contributed by atoms with Crippen LogP contribution in [0.4, 0.5) is 4.39 Å². The minimum atomic E-state index is -1.30. The van der Waals surface area contributed by atoms with Crippen LogP contribution in [0.2, 0.25) is 0 Å². The molecule has 6 N–H and O–H groups in total. The van der Waals surface area contributed by atoms with Gasteiger partial charge in [0.2, 0.25) is 11.8 Å². The Morgan fingerprint density at radius 2 is 1.77 bits per heavy atom. The highest BCUT2D eigenvalue weighted by molar-refractivity contribution is 5.97. The van der Waals surface area contributed by atoms with Gasteiger partial charge in [0.15, 0.2) is 0 Å². The van der Waals surface area contributed by atoms with E-state index in [4.69, 9.17) is 10.5 Å². The van der Waals surface area contributed by atoms with Crippen molar-refractivity contribution >= 4 is 11.8 Å². The molecule has 3 rings (SSSR count). The molecule has 0 saturated carbocycles. The molecule has 2 amide bonds. The number of aliphatic hydroxyl groups excluding tert-OH is 2. The summed E-state index contributed by atoms with van der Waals surface area (Å²) in [5.74, 6) is -1.54. The molecule has 2 aromatic carbocycles. The molecule has 0 aliphatic heterocycles. The van der Waals surface area contributed by atoms with E-state index in [2.05, 4.69) is 5.32 Å². The Balaban J connectivity index is 1.73. The van der Waals surface area contributed by atoms with Crippen molar-refractivity contribution in [1.29, 1.82) is 0 Å². The van der Waals surface area contributed by atoms with Crippen LogP contribution in [-0.2, 0) is 16.0 Å². The van der Waals surface area contributed by atoms with Gasteiger partial charge in [-0.1, -0.05) is 12.1 Å². The highest BCUT2D eigenvalue weighted by atomic mass is 19.1. The molecule has 8 nitrogen and oxygen atoms in total. The monoisotopic (exact) mass is 430 g/mol. The van der Waals surface area contributed by atoms with Crippen LogP contribution in [-0.4, -0.2) is 51.5 Å². The van der Waals surface area contributed by atoms with Crippen molar-refractivity contribution in [3.63, 3.8) is 0 Å². The van der Waals surface area contributed by atoms with Gasteiger partial charge in [-0.2, -0.15) is 0 Å². The van der Waals surface area contributed by atoms with Crippen molar-refractivity contribution in [3.8, 4) is 11.5 Å². The van der Waals surface area contributed by atoms with E-state index in [1.54, 1.807) is 12.1 Å². The van der Waals surface area contributed by atoms with E-state index in [0.29, 0.717) is 5.56 Å². The van der Waals surface area contributed by atoms with Gasteiger partial charge in [0.25, 0.3) is 0 Å². The Hall–Kier alpha value is -3.43. The Morgan fingerprint density at radius 3 is 2.39 bits per heavy atom.